The van der Waals surface area contributed by atoms with E-state index in [0.717, 1.165) is 25.7 Å². The number of rotatable bonds is 2. The van der Waals surface area contributed by atoms with E-state index in [1.54, 1.807) is 0 Å². The van der Waals surface area contributed by atoms with E-state index < -0.39 is 13.7 Å². The summed E-state index contributed by atoms with van der Waals surface area (Å²) in [6.45, 7) is 11.8. The van der Waals surface area contributed by atoms with E-state index in [1.807, 2.05) is 0 Å². The van der Waals surface area contributed by atoms with Gasteiger partial charge in [-0.05, 0) is 43.8 Å². The third kappa shape index (κ3) is 2.73. The Kier molecular flexibility index (Phi) is 4.18. The molecule has 0 saturated carbocycles. The number of carbonyl (C=O) groups is 1. The Morgan fingerprint density at radius 3 is 2.65 bits per heavy atom. The molecule has 2 aliphatic rings. The van der Waals surface area contributed by atoms with Crippen molar-refractivity contribution in [2.45, 2.75) is 70.7 Å². The molecule has 0 bridgehead atoms. The maximum absolute atomic E-state index is 12.4. The molecule has 3 nitrogen and oxygen atoms in total. The number of cyclic esters (lactones) is 1. The maximum Gasteiger partial charge on any atom is 0.315 e. The summed E-state index contributed by atoms with van der Waals surface area (Å²) in [5, 5.41) is 0.151. The van der Waals surface area contributed by atoms with Crippen molar-refractivity contribution in [1.29, 1.82) is 0 Å². The zero-order valence-corrected chi connectivity index (χ0v) is 14.5. The fourth-order valence-electron chi connectivity index (χ4n) is 2.82. The Balaban J connectivity index is 2.26. The Labute approximate surface area is 123 Å². The lowest BCUT2D eigenvalue weighted by molar-refractivity contribution is -0.169. The first-order valence-electron chi connectivity index (χ1n) is 7.71. The van der Waals surface area contributed by atoms with Crippen LogP contribution in [-0.2, 0) is 14.0 Å². The third-order valence-corrected chi connectivity index (χ3v) is 9.70. The van der Waals surface area contributed by atoms with Crippen LogP contribution < -0.4 is 0 Å². The Hall–Kier alpha value is -0.613. The molecule has 20 heavy (non-hydrogen) atoms. The highest BCUT2D eigenvalue weighted by Gasteiger charge is 2.52. The van der Waals surface area contributed by atoms with E-state index in [1.165, 1.54) is 0 Å². The minimum atomic E-state index is -1.89. The summed E-state index contributed by atoms with van der Waals surface area (Å²) in [6, 6.07) is 0. The van der Waals surface area contributed by atoms with E-state index >= 15 is 0 Å². The highest BCUT2D eigenvalue weighted by atomic mass is 28.4. The molecule has 1 saturated heterocycles. The van der Waals surface area contributed by atoms with E-state index in [0.29, 0.717) is 6.61 Å². The fourth-order valence-corrected chi connectivity index (χ4v) is 4.11. The summed E-state index contributed by atoms with van der Waals surface area (Å²) in [6.07, 6.45) is 7.83. The van der Waals surface area contributed by atoms with Gasteiger partial charge in [-0.2, -0.15) is 0 Å². The first-order valence-corrected chi connectivity index (χ1v) is 10.6. The van der Waals surface area contributed by atoms with Gasteiger partial charge in [0.2, 0.25) is 0 Å². The summed E-state index contributed by atoms with van der Waals surface area (Å²) in [4.78, 5) is 12.4. The second kappa shape index (κ2) is 5.30. The monoisotopic (exact) mass is 296 g/mol. The van der Waals surface area contributed by atoms with Gasteiger partial charge in [0.1, 0.15) is 0 Å². The molecule has 2 rings (SSSR count). The fraction of sp³-hybridized carbons (Fsp3) is 0.812. The van der Waals surface area contributed by atoms with Gasteiger partial charge >= 0.3 is 5.97 Å². The second-order valence-corrected chi connectivity index (χ2v) is 12.4. The van der Waals surface area contributed by atoms with E-state index in [9.17, 15) is 4.79 Å². The zero-order valence-electron chi connectivity index (χ0n) is 13.5. The molecule has 0 radical (unpaired) electrons. The molecule has 1 heterocycles. The van der Waals surface area contributed by atoms with Crippen molar-refractivity contribution in [1.82, 2.24) is 0 Å². The van der Waals surface area contributed by atoms with Crippen LogP contribution in [0, 0.1) is 5.41 Å². The van der Waals surface area contributed by atoms with E-state index in [4.69, 9.17) is 9.16 Å². The smallest absolute Gasteiger partial charge is 0.315 e. The lowest BCUT2D eigenvalue weighted by Gasteiger charge is -2.47. The Morgan fingerprint density at radius 1 is 1.35 bits per heavy atom. The van der Waals surface area contributed by atoms with Crippen molar-refractivity contribution in [2.75, 3.05) is 6.61 Å². The minimum Gasteiger partial charge on any atom is -0.465 e. The number of hydrogen-bond donors (Lipinski definition) is 0. The van der Waals surface area contributed by atoms with Crippen molar-refractivity contribution in [2.24, 2.45) is 5.41 Å². The molecule has 1 fully saturated rings. The van der Waals surface area contributed by atoms with Crippen LogP contribution in [0.3, 0.4) is 0 Å². The topological polar surface area (TPSA) is 35.5 Å². The average molecular weight is 296 g/mol. The molecule has 1 aliphatic heterocycles. The maximum atomic E-state index is 12.4. The zero-order chi connectivity index (χ0) is 15.0. The summed E-state index contributed by atoms with van der Waals surface area (Å²) in [5.41, 5.74) is -0.428. The molecular weight excluding hydrogens is 268 g/mol. The van der Waals surface area contributed by atoms with Crippen molar-refractivity contribution >= 4 is 14.3 Å². The van der Waals surface area contributed by atoms with Gasteiger partial charge in [-0.1, -0.05) is 32.9 Å². The van der Waals surface area contributed by atoms with Gasteiger partial charge < -0.3 is 9.16 Å². The molecule has 0 aromatic carbocycles. The van der Waals surface area contributed by atoms with Gasteiger partial charge in [0.15, 0.2) is 8.32 Å². The lowest BCUT2D eigenvalue weighted by atomic mass is 9.71. The largest absolute Gasteiger partial charge is 0.465 e. The molecule has 0 aromatic heterocycles. The molecule has 0 aromatic rings. The number of hydrogen-bond acceptors (Lipinski definition) is 3. The minimum absolute atomic E-state index is 0.0446. The standard InChI is InChI=1S/C16H28O3Si/c1-15(2,3)20(4,5)19-13-9-6-7-10-16(13)11-8-12-18-14(16)17/h6,9,13H,7-8,10-12H2,1-5H3/t13-,16+/m0/s1. The van der Waals surface area contributed by atoms with Gasteiger partial charge in [0.05, 0.1) is 18.1 Å². The number of ether oxygens (including phenoxy) is 1. The van der Waals surface area contributed by atoms with Crippen molar-refractivity contribution in [3.63, 3.8) is 0 Å². The number of esters is 1. The van der Waals surface area contributed by atoms with Gasteiger partial charge in [0, 0.05) is 0 Å². The van der Waals surface area contributed by atoms with Crippen LogP contribution >= 0.6 is 0 Å². The summed E-state index contributed by atoms with van der Waals surface area (Å²) < 4.78 is 11.9. The predicted octanol–water partition coefficient (Wildman–Crippen LogP) is 4.05. The first-order chi connectivity index (χ1) is 9.19. The highest BCUT2D eigenvalue weighted by Crippen LogP contribution is 2.46. The molecule has 1 aliphatic carbocycles. The van der Waals surface area contributed by atoms with E-state index in [-0.39, 0.29) is 17.1 Å². The van der Waals surface area contributed by atoms with E-state index in [2.05, 4.69) is 46.0 Å². The molecule has 2 atom stereocenters. The number of allylic oxidation sites excluding steroid dienone is 1. The lowest BCUT2D eigenvalue weighted by Crippen LogP contribution is -2.53. The van der Waals surface area contributed by atoms with Crippen molar-refractivity contribution in [3.8, 4) is 0 Å². The molecular formula is C16H28O3Si. The van der Waals surface area contributed by atoms with Crippen LogP contribution in [0.4, 0.5) is 0 Å². The first kappa shape index (κ1) is 15.8. The van der Waals surface area contributed by atoms with Crippen LogP contribution in [0.2, 0.25) is 18.1 Å². The van der Waals surface area contributed by atoms with Gasteiger partial charge in [-0.3, -0.25) is 4.79 Å². The normalized spacial score (nSPS) is 31.4. The molecule has 0 unspecified atom stereocenters. The molecule has 0 N–H and O–H groups in total. The second-order valence-electron chi connectivity index (χ2n) is 7.66. The van der Waals surface area contributed by atoms with Gasteiger partial charge in [0.25, 0.3) is 0 Å². The van der Waals surface area contributed by atoms with Crippen LogP contribution in [-0.4, -0.2) is 27.0 Å². The van der Waals surface area contributed by atoms with Crippen LogP contribution in [0.15, 0.2) is 12.2 Å². The van der Waals surface area contributed by atoms with Crippen molar-refractivity contribution < 1.29 is 14.0 Å². The highest BCUT2D eigenvalue weighted by molar-refractivity contribution is 6.74. The van der Waals surface area contributed by atoms with Crippen LogP contribution in [0.5, 0.6) is 0 Å². The Morgan fingerprint density at radius 2 is 2.05 bits per heavy atom. The summed E-state index contributed by atoms with van der Waals surface area (Å²) >= 11 is 0. The third-order valence-electron chi connectivity index (χ3n) is 5.25. The molecule has 0 amide bonds. The summed E-state index contributed by atoms with van der Waals surface area (Å²) in [5.74, 6) is -0.0446. The molecule has 114 valence electrons. The molecule has 1 spiro atoms. The SMILES string of the molecule is CC(C)(C)[Si](C)(C)O[C@H]1C=CCC[C@@]12CCCOC2=O. The van der Waals surface area contributed by atoms with Crippen LogP contribution in [0.25, 0.3) is 0 Å². The summed E-state index contributed by atoms with van der Waals surface area (Å²) in [7, 11) is -1.89. The Bertz CT molecular complexity index is 408. The average Bonchev–Trinajstić information content (AvgIpc) is 2.34. The number of carbonyl (C=O) groups excluding carboxylic acids is 1. The van der Waals surface area contributed by atoms with Gasteiger partial charge in [-0.25, -0.2) is 0 Å². The van der Waals surface area contributed by atoms with Gasteiger partial charge in [-0.15, -0.1) is 0 Å². The van der Waals surface area contributed by atoms with Crippen molar-refractivity contribution in [3.05, 3.63) is 12.2 Å². The quantitative estimate of drug-likeness (QED) is 0.438. The molecule has 4 heteroatoms. The predicted molar refractivity (Wildman–Crippen MR) is 83.1 cm³/mol. The van der Waals surface area contributed by atoms with Crippen LogP contribution in [0.1, 0.15) is 46.5 Å².